The predicted octanol–water partition coefficient (Wildman–Crippen LogP) is 3.97. The highest BCUT2D eigenvalue weighted by molar-refractivity contribution is 7.79. The van der Waals surface area contributed by atoms with E-state index in [0.29, 0.717) is 11.8 Å². The van der Waals surface area contributed by atoms with E-state index in [9.17, 15) is 4.57 Å². The molecule has 0 spiro atoms. The van der Waals surface area contributed by atoms with Gasteiger partial charge in [-0.2, -0.15) is 0 Å². The molecule has 2 aromatic carbocycles. The monoisotopic (exact) mass is 294 g/mol. The second-order valence-corrected chi connectivity index (χ2v) is 9.05. The van der Waals surface area contributed by atoms with Crippen molar-refractivity contribution in [2.75, 3.05) is 0 Å². The molecular weight excluding hydrogens is 275 g/mol. The Morgan fingerprint density at radius 3 is 1.52 bits per heavy atom. The van der Waals surface area contributed by atoms with Gasteiger partial charge in [-0.3, -0.25) is 0 Å². The molecule has 0 heterocycles. The molecule has 2 unspecified atom stereocenters. The van der Waals surface area contributed by atoms with Gasteiger partial charge in [0.2, 0.25) is 0 Å². The minimum absolute atomic E-state index is 0.266. The number of hydrogen-bond donors (Lipinski definition) is 0. The zero-order valence-corrected chi connectivity index (χ0v) is 12.8. The van der Waals surface area contributed by atoms with E-state index in [4.69, 9.17) is 0 Å². The van der Waals surface area contributed by atoms with Gasteiger partial charge in [-0.25, -0.2) is 0 Å². The summed E-state index contributed by atoms with van der Waals surface area (Å²) >= 11 is 0. The molecule has 2 heteroatoms. The standard InChI is InChI=1S/C19H19OP/c20-21(17-7-3-1-4-8-17,18-9-5-2-6-10-18)19-15-11-12-16(19)14-13-15/h1-12,15-16,19H,13-14H2. The van der Waals surface area contributed by atoms with E-state index in [1.54, 1.807) is 0 Å². The molecule has 0 radical (unpaired) electrons. The third-order valence-electron chi connectivity index (χ3n) is 5.02. The first-order valence-corrected chi connectivity index (χ1v) is 9.47. The summed E-state index contributed by atoms with van der Waals surface area (Å²) in [5, 5.41) is 2.03. The maximum absolute atomic E-state index is 14.2. The van der Waals surface area contributed by atoms with E-state index in [2.05, 4.69) is 12.2 Å². The number of benzene rings is 2. The molecule has 21 heavy (non-hydrogen) atoms. The van der Waals surface area contributed by atoms with E-state index in [0.717, 1.165) is 10.6 Å². The largest absolute Gasteiger partial charge is 0.313 e. The lowest BCUT2D eigenvalue weighted by molar-refractivity contribution is 0.561. The van der Waals surface area contributed by atoms with Crippen LogP contribution in [0.25, 0.3) is 0 Å². The Hall–Kier alpha value is -1.59. The molecule has 2 aliphatic carbocycles. The topological polar surface area (TPSA) is 17.1 Å². The second kappa shape index (κ2) is 5.00. The summed E-state index contributed by atoms with van der Waals surface area (Å²) in [6.45, 7) is 0. The van der Waals surface area contributed by atoms with Crippen LogP contribution in [0.3, 0.4) is 0 Å². The third-order valence-corrected chi connectivity index (χ3v) is 8.75. The molecule has 2 aliphatic rings. The van der Waals surface area contributed by atoms with Gasteiger partial charge in [0, 0.05) is 16.3 Å². The lowest BCUT2D eigenvalue weighted by atomic mass is 10.1. The van der Waals surface area contributed by atoms with Crippen LogP contribution < -0.4 is 10.6 Å². The van der Waals surface area contributed by atoms with Crippen LogP contribution in [-0.2, 0) is 4.57 Å². The molecule has 2 bridgehead atoms. The maximum Gasteiger partial charge on any atom is 0.147 e. The van der Waals surface area contributed by atoms with Gasteiger partial charge >= 0.3 is 0 Å². The van der Waals surface area contributed by atoms with Crippen LogP contribution in [0.4, 0.5) is 0 Å². The summed E-state index contributed by atoms with van der Waals surface area (Å²) in [6.07, 6.45) is 6.99. The van der Waals surface area contributed by atoms with E-state index in [-0.39, 0.29) is 5.66 Å². The molecule has 0 amide bonds. The summed E-state index contributed by atoms with van der Waals surface area (Å²) in [6, 6.07) is 20.2. The van der Waals surface area contributed by atoms with Crippen molar-refractivity contribution >= 4 is 17.8 Å². The van der Waals surface area contributed by atoms with Crippen LogP contribution in [-0.4, -0.2) is 5.66 Å². The summed E-state index contributed by atoms with van der Waals surface area (Å²) < 4.78 is 14.2. The first kappa shape index (κ1) is 13.1. The summed E-state index contributed by atoms with van der Waals surface area (Å²) in [7, 11) is -2.58. The summed E-state index contributed by atoms with van der Waals surface area (Å²) in [4.78, 5) is 0. The Morgan fingerprint density at radius 2 is 1.14 bits per heavy atom. The smallest absolute Gasteiger partial charge is 0.147 e. The van der Waals surface area contributed by atoms with Gasteiger partial charge < -0.3 is 4.57 Å². The van der Waals surface area contributed by atoms with Gasteiger partial charge in [-0.05, 0) is 24.7 Å². The average molecular weight is 294 g/mol. The molecule has 4 rings (SSSR count). The molecule has 1 nitrogen and oxygen atoms in total. The number of rotatable bonds is 3. The molecule has 106 valence electrons. The van der Waals surface area contributed by atoms with Crippen LogP contribution in [0.2, 0.25) is 0 Å². The summed E-state index contributed by atoms with van der Waals surface area (Å²) in [5.74, 6) is 0.975. The Balaban J connectivity index is 1.90. The maximum atomic E-state index is 14.2. The van der Waals surface area contributed by atoms with E-state index >= 15 is 0 Å². The third kappa shape index (κ3) is 1.95. The van der Waals surface area contributed by atoms with Crippen molar-refractivity contribution < 1.29 is 4.57 Å². The molecule has 0 aliphatic heterocycles. The number of hydrogen-bond acceptors (Lipinski definition) is 1. The van der Waals surface area contributed by atoms with Gasteiger partial charge in [0.15, 0.2) is 0 Å². The predicted molar refractivity (Wildman–Crippen MR) is 88.9 cm³/mol. The zero-order chi connectivity index (χ0) is 14.3. The van der Waals surface area contributed by atoms with Crippen LogP contribution in [0.15, 0.2) is 72.8 Å². The van der Waals surface area contributed by atoms with Gasteiger partial charge in [-0.15, -0.1) is 0 Å². The van der Waals surface area contributed by atoms with E-state index in [1.165, 1.54) is 12.8 Å². The van der Waals surface area contributed by atoms with Crippen molar-refractivity contribution in [2.45, 2.75) is 18.5 Å². The lowest BCUT2D eigenvalue weighted by Crippen LogP contribution is -2.29. The van der Waals surface area contributed by atoms with Crippen molar-refractivity contribution in [1.82, 2.24) is 0 Å². The van der Waals surface area contributed by atoms with Crippen molar-refractivity contribution in [2.24, 2.45) is 11.8 Å². The molecule has 0 saturated heterocycles. The van der Waals surface area contributed by atoms with E-state index < -0.39 is 7.14 Å². The van der Waals surface area contributed by atoms with Crippen molar-refractivity contribution in [3.05, 3.63) is 72.8 Å². The summed E-state index contributed by atoms with van der Waals surface area (Å²) in [5.41, 5.74) is 0.266. The molecule has 0 aromatic heterocycles. The molecule has 0 N–H and O–H groups in total. The minimum atomic E-state index is -2.58. The lowest BCUT2D eigenvalue weighted by Gasteiger charge is -2.29. The van der Waals surface area contributed by atoms with Crippen LogP contribution in [0.1, 0.15) is 12.8 Å². The highest BCUT2D eigenvalue weighted by Gasteiger charge is 2.49. The van der Waals surface area contributed by atoms with Gasteiger partial charge in [0.05, 0.1) is 0 Å². The average Bonchev–Trinajstić information content (AvgIpc) is 3.17. The Morgan fingerprint density at radius 1 is 0.714 bits per heavy atom. The first-order chi connectivity index (χ1) is 10.3. The van der Waals surface area contributed by atoms with E-state index in [1.807, 2.05) is 60.7 Å². The SMILES string of the molecule is O=P(c1ccccc1)(c1ccccc1)C1C2C=CC1CC2. The van der Waals surface area contributed by atoms with Crippen LogP contribution in [0, 0.1) is 11.8 Å². The molecular formula is C19H19OP. The normalized spacial score (nSPS) is 27.1. The second-order valence-electron chi connectivity index (χ2n) is 6.11. The van der Waals surface area contributed by atoms with Crippen molar-refractivity contribution in [3.8, 4) is 0 Å². The highest BCUT2D eigenvalue weighted by Crippen LogP contribution is 2.61. The first-order valence-electron chi connectivity index (χ1n) is 7.69. The van der Waals surface area contributed by atoms with Crippen molar-refractivity contribution in [3.63, 3.8) is 0 Å². The van der Waals surface area contributed by atoms with Gasteiger partial charge in [0.25, 0.3) is 0 Å². The van der Waals surface area contributed by atoms with Crippen LogP contribution >= 0.6 is 7.14 Å². The van der Waals surface area contributed by atoms with Gasteiger partial charge in [0.1, 0.15) is 7.14 Å². The minimum Gasteiger partial charge on any atom is -0.313 e. The van der Waals surface area contributed by atoms with Crippen LogP contribution in [0.5, 0.6) is 0 Å². The number of allylic oxidation sites excluding steroid dienone is 2. The molecule has 2 atom stereocenters. The molecule has 1 fully saturated rings. The molecule has 2 aromatic rings. The Bertz CT molecular complexity index is 647. The Labute approximate surface area is 126 Å². The number of fused-ring (bicyclic) bond motifs is 2. The highest BCUT2D eigenvalue weighted by atomic mass is 31.2. The fourth-order valence-corrected chi connectivity index (χ4v) is 7.87. The fourth-order valence-electron chi connectivity index (χ4n) is 4.08. The quantitative estimate of drug-likeness (QED) is 0.618. The molecule has 1 saturated carbocycles. The van der Waals surface area contributed by atoms with Gasteiger partial charge in [-0.1, -0.05) is 72.8 Å². The van der Waals surface area contributed by atoms with Crippen molar-refractivity contribution in [1.29, 1.82) is 0 Å². The Kier molecular flexibility index (Phi) is 3.12. The zero-order valence-electron chi connectivity index (χ0n) is 11.9. The fraction of sp³-hybridized carbons (Fsp3) is 0.263.